The van der Waals surface area contributed by atoms with Crippen LogP contribution in [-0.2, 0) is 28.7 Å². The Morgan fingerprint density at radius 3 is 2.36 bits per heavy atom. The molecule has 0 saturated carbocycles. The van der Waals surface area contributed by atoms with Crippen LogP contribution in [0.15, 0.2) is 25.3 Å². The summed E-state index contributed by atoms with van der Waals surface area (Å²) in [5, 5.41) is 16.1. The van der Waals surface area contributed by atoms with E-state index < -0.39 is 53.9 Å². The first-order valence-electron chi connectivity index (χ1n) is 13.6. The summed E-state index contributed by atoms with van der Waals surface area (Å²) in [6.45, 7) is 11.7. The fourth-order valence-corrected chi connectivity index (χ4v) is 4.24. The van der Waals surface area contributed by atoms with Gasteiger partial charge in [0, 0.05) is 13.0 Å². The van der Waals surface area contributed by atoms with Crippen molar-refractivity contribution in [2.45, 2.75) is 95.9 Å². The van der Waals surface area contributed by atoms with Gasteiger partial charge >= 0.3 is 12.1 Å². The number of aliphatic hydroxyl groups excluding tert-OH is 1. The van der Waals surface area contributed by atoms with Crippen molar-refractivity contribution in [2.24, 2.45) is 5.92 Å². The fourth-order valence-electron chi connectivity index (χ4n) is 4.24. The Hall–Kier alpha value is -3.21. The lowest BCUT2D eigenvalue weighted by Crippen LogP contribution is -2.56. The number of esters is 1. The number of alkyl carbamates (subject to hydrolysis) is 1. The van der Waals surface area contributed by atoms with Gasteiger partial charge in [-0.1, -0.05) is 26.0 Å². The molecule has 0 aliphatic carbocycles. The van der Waals surface area contributed by atoms with Gasteiger partial charge in [-0.15, -0.1) is 13.2 Å². The number of amides is 3. The van der Waals surface area contributed by atoms with Crippen LogP contribution in [0.25, 0.3) is 0 Å². The van der Waals surface area contributed by atoms with Gasteiger partial charge in [0.05, 0.1) is 26.2 Å². The molecule has 0 bridgehead atoms. The monoisotopic (exact) mass is 551 g/mol. The molecule has 1 rings (SSSR count). The van der Waals surface area contributed by atoms with Crippen molar-refractivity contribution in [3.63, 3.8) is 0 Å². The molecule has 1 aliphatic rings. The number of nitrogens with zero attached hydrogens (tertiary/aromatic N) is 1. The molecule has 11 heteroatoms. The highest BCUT2D eigenvalue weighted by atomic mass is 16.5. The molecule has 1 saturated heterocycles. The molecule has 1 unspecified atom stereocenters. The van der Waals surface area contributed by atoms with Gasteiger partial charge in [-0.05, 0) is 50.9 Å². The zero-order valence-electron chi connectivity index (χ0n) is 23.5. The first-order valence-corrected chi connectivity index (χ1v) is 13.6. The Morgan fingerprint density at radius 1 is 1.05 bits per heavy atom. The van der Waals surface area contributed by atoms with Crippen molar-refractivity contribution in [1.82, 2.24) is 15.5 Å². The molecular weight excluding hydrogens is 506 g/mol. The highest BCUT2D eigenvalue weighted by molar-refractivity contribution is 5.92. The minimum atomic E-state index is -1.52. The summed E-state index contributed by atoms with van der Waals surface area (Å²) in [5.41, 5.74) is 0. The maximum atomic E-state index is 13.4. The molecule has 3 N–H and O–H groups in total. The lowest BCUT2D eigenvalue weighted by Gasteiger charge is -2.30. The second-order valence-electron chi connectivity index (χ2n) is 10.1. The van der Waals surface area contributed by atoms with Crippen LogP contribution in [0.5, 0.6) is 0 Å². The van der Waals surface area contributed by atoms with E-state index in [9.17, 15) is 29.1 Å². The van der Waals surface area contributed by atoms with Crippen molar-refractivity contribution < 1.29 is 38.6 Å². The van der Waals surface area contributed by atoms with Crippen molar-refractivity contribution in [3.8, 4) is 0 Å². The zero-order chi connectivity index (χ0) is 29.4. The number of ketones is 1. The van der Waals surface area contributed by atoms with Gasteiger partial charge in [0.15, 0.2) is 5.78 Å². The number of carbonyl (C=O) groups is 5. The van der Waals surface area contributed by atoms with Crippen LogP contribution in [-0.4, -0.2) is 84.2 Å². The summed E-state index contributed by atoms with van der Waals surface area (Å²) in [7, 11) is 1.21. The summed E-state index contributed by atoms with van der Waals surface area (Å²) in [5.74, 6) is -1.93. The van der Waals surface area contributed by atoms with E-state index in [2.05, 4.69) is 28.5 Å². The average molecular weight is 552 g/mol. The number of ether oxygens (including phenoxy) is 2. The Morgan fingerprint density at radius 2 is 1.74 bits per heavy atom. The third-order valence-electron chi connectivity index (χ3n) is 6.40. The largest absolute Gasteiger partial charge is 0.469 e. The number of unbranched alkanes of at least 4 members (excludes halogenated alkanes) is 1. The van der Waals surface area contributed by atoms with Gasteiger partial charge in [0.25, 0.3) is 0 Å². The average Bonchev–Trinajstić information content (AvgIpc) is 3.41. The number of likely N-dealkylation sites (tertiary alicyclic amines) is 1. The summed E-state index contributed by atoms with van der Waals surface area (Å²) >= 11 is 0. The predicted octanol–water partition coefficient (Wildman–Crippen LogP) is 2.42. The van der Waals surface area contributed by atoms with Crippen LogP contribution in [0.1, 0.15) is 71.6 Å². The van der Waals surface area contributed by atoms with Crippen LogP contribution in [0.4, 0.5) is 4.79 Å². The molecule has 1 aliphatic heterocycles. The van der Waals surface area contributed by atoms with Crippen molar-refractivity contribution >= 4 is 29.7 Å². The van der Waals surface area contributed by atoms with E-state index in [-0.39, 0.29) is 25.4 Å². The highest BCUT2D eigenvalue weighted by Gasteiger charge is 2.39. The molecule has 39 heavy (non-hydrogen) atoms. The SMILES string of the molecule is C=CCCC[C@H](NC(=O)[C@@H]1CCCN1C(=O)[C@H](CCC=C)NC(=O)OCC(C)C)C(O)C(=O)CCC(=O)OC. The standard InChI is InChI=1S/C28H45N3O8/c1-6-8-10-13-20(25(34)23(32)15-16-24(33)38-5)29-26(35)22-14-11-17-31(22)27(36)21(12-9-7-2)30-28(37)39-18-19(3)4/h6-7,19-22,25,34H,1-2,8-18H2,3-5H3,(H,29,35)(H,30,37)/t20-,21-,22-,25?/m0/s1. The molecule has 0 radical (unpaired) electrons. The number of hydrogen-bond donors (Lipinski definition) is 3. The van der Waals surface area contributed by atoms with Crippen molar-refractivity contribution in [1.29, 1.82) is 0 Å². The predicted molar refractivity (Wildman–Crippen MR) is 146 cm³/mol. The summed E-state index contributed by atoms with van der Waals surface area (Å²) in [4.78, 5) is 64.4. The van der Waals surface area contributed by atoms with E-state index in [1.54, 1.807) is 12.2 Å². The fraction of sp³-hybridized carbons (Fsp3) is 0.679. The minimum absolute atomic E-state index is 0.131. The van der Waals surface area contributed by atoms with E-state index >= 15 is 0 Å². The smallest absolute Gasteiger partial charge is 0.407 e. The number of aliphatic hydroxyl groups is 1. The van der Waals surface area contributed by atoms with E-state index in [0.29, 0.717) is 51.5 Å². The Bertz CT molecular complexity index is 860. The molecule has 4 atom stereocenters. The van der Waals surface area contributed by atoms with Crippen LogP contribution in [0.2, 0.25) is 0 Å². The van der Waals surface area contributed by atoms with Gasteiger partial charge in [0.1, 0.15) is 18.2 Å². The van der Waals surface area contributed by atoms with Crippen molar-refractivity contribution in [3.05, 3.63) is 25.3 Å². The van der Waals surface area contributed by atoms with Crippen molar-refractivity contribution in [2.75, 3.05) is 20.3 Å². The number of methoxy groups -OCH3 is 1. The van der Waals surface area contributed by atoms with Gasteiger partial charge < -0.3 is 30.1 Å². The number of rotatable bonds is 18. The summed E-state index contributed by atoms with van der Waals surface area (Å²) < 4.78 is 9.72. The number of Topliss-reactive ketones (excluding diaryl/α,β-unsaturated/α-hetero) is 1. The molecule has 220 valence electrons. The maximum Gasteiger partial charge on any atom is 0.407 e. The third-order valence-corrected chi connectivity index (χ3v) is 6.40. The molecule has 0 aromatic heterocycles. The van der Waals surface area contributed by atoms with E-state index in [0.717, 1.165) is 0 Å². The summed E-state index contributed by atoms with van der Waals surface area (Å²) in [6.07, 6.45) is 3.94. The van der Waals surface area contributed by atoms with Gasteiger partial charge in [-0.2, -0.15) is 0 Å². The van der Waals surface area contributed by atoms with Crippen LogP contribution in [0.3, 0.4) is 0 Å². The minimum Gasteiger partial charge on any atom is -0.469 e. The van der Waals surface area contributed by atoms with Crippen LogP contribution < -0.4 is 10.6 Å². The van der Waals surface area contributed by atoms with Gasteiger partial charge in [-0.3, -0.25) is 19.2 Å². The highest BCUT2D eigenvalue weighted by Crippen LogP contribution is 2.21. The molecule has 1 fully saturated rings. The first-order chi connectivity index (χ1) is 18.5. The van der Waals surface area contributed by atoms with Crippen LogP contribution >= 0.6 is 0 Å². The molecule has 3 amide bonds. The molecular formula is C28H45N3O8. The second-order valence-corrected chi connectivity index (χ2v) is 10.1. The number of nitrogens with one attached hydrogen (secondary N) is 2. The topological polar surface area (TPSA) is 151 Å². The lowest BCUT2D eigenvalue weighted by molar-refractivity contribution is -0.143. The van der Waals surface area contributed by atoms with Gasteiger partial charge in [0.2, 0.25) is 11.8 Å². The van der Waals surface area contributed by atoms with E-state index in [1.807, 2.05) is 13.8 Å². The number of carbonyl (C=O) groups excluding carboxylic acids is 5. The summed E-state index contributed by atoms with van der Waals surface area (Å²) in [6, 6.07) is -2.62. The third kappa shape index (κ3) is 12.0. The lowest BCUT2D eigenvalue weighted by atomic mass is 9.97. The number of allylic oxidation sites excluding steroid dienone is 2. The second kappa shape index (κ2) is 18.1. The zero-order valence-corrected chi connectivity index (χ0v) is 23.5. The Kier molecular flexibility index (Phi) is 15.7. The molecule has 11 nitrogen and oxygen atoms in total. The van der Waals surface area contributed by atoms with Crippen LogP contribution in [0, 0.1) is 5.92 Å². The molecule has 0 aromatic carbocycles. The van der Waals surface area contributed by atoms with E-state index in [4.69, 9.17) is 4.74 Å². The quantitative estimate of drug-likeness (QED) is 0.133. The molecule has 0 aromatic rings. The number of hydrogen-bond acceptors (Lipinski definition) is 8. The van der Waals surface area contributed by atoms with Gasteiger partial charge in [-0.25, -0.2) is 4.79 Å². The maximum absolute atomic E-state index is 13.4. The first kappa shape index (κ1) is 33.8. The normalized spacial score (nSPS) is 17.1. The molecule has 1 heterocycles. The Balaban J connectivity index is 2.97. The Labute approximate surface area is 231 Å². The van der Waals surface area contributed by atoms with E-state index in [1.165, 1.54) is 12.0 Å². The molecule has 0 spiro atoms.